The molecule has 0 aliphatic carbocycles. The summed E-state index contributed by atoms with van der Waals surface area (Å²) in [5, 5.41) is 5.60. The van der Waals surface area contributed by atoms with Crippen LogP contribution in [0.15, 0.2) is 48.5 Å². The van der Waals surface area contributed by atoms with Crippen molar-refractivity contribution in [2.24, 2.45) is 5.92 Å². The Labute approximate surface area is 152 Å². The van der Waals surface area contributed by atoms with Crippen molar-refractivity contribution in [3.8, 4) is 0 Å². The molecule has 0 saturated carbocycles. The first-order valence-electron chi connectivity index (χ1n) is 8.71. The van der Waals surface area contributed by atoms with Gasteiger partial charge in [-0.1, -0.05) is 12.1 Å². The van der Waals surface area contributed by atoms with E-state index in [1.54, 1.807) is 36.4 Å². The number of nitrogens with zero attached hydrogens (tertiary/aromatic N) is 1. The monoisotopic (exact) mass is 355 g/mol. The molecule has 2 aromatic rings. The molecule has 1 fully saturated rings. The Balaban J connectivity index is 1.54. The Hall–Kier alpha value is -2.89. The number of amides is 2. The number of benzene rings is 2. The fourth-order valence-corrected chi connectivity index (χ4v) is 3.18. The quantitative estimate of drug-likeness (QED) is 0.880. The zero-order valence-electron chi connectivity index (χ0n) is 14.7. The number of carbonyl (C=O) groups is 2. The Bertz CT molecular complexity index is 784. The van der Waals surface area contributed by atoms with Crippen molar-refractivity contribution < 1.29 is 14.0 Å². The minimum atomic E-state index is -0.227. The molecule has 2 aromatic carbocycles. The average Bonchev–Trinajstić information content (AvgIpc) is 2.63. The first kappa shape index (κ1) is 17.9. The minimum Gasteiger partial charge on any atom is -0.369 e. The molecular formula is C20H22FN3O2. The summed E-state index contributed by atoms with van der Waals surface area (Å²) in [6, 6.07) is 13.7. The van der Waals surface area contributed by atoms with Crippen molar-refractivity contribution >= 4 is 28.9 Å². The number of nitrogens with one attached hydrogen (secondary N) is 2. The van der Waals surface area contributed by atoms with Gasteiger partial charge in [0.2, 0.25) is 11.8 Å². The number of hydrogen-bond acceptors (Lipinski definition) is 3. The van der Waals surface area contributed by atoms with Gasteiger partial charge < -0.3 is 15.5 Å². The lowest BCUT2D eigenvalue weighted by Crippen LogP contribution is -2.38. The smallest absolute Gasteiger partial charge is 0.227 e. The highest BCUT2D eigenvalue weighted by Gasteiger charge is 2.26. The Morgan fingerprint density at radius 3 is 2.12 bits per heavy atom. The largest absolute Gasteiger partial charge is 0.369 e. The van der Waals surface area contributed by atoms with Crippen molar-refractivity contribution in [1.82, 2.24) is 0 Å². The van der Waals surface area contributed by atoms with Crippen LogP contribution in [-0.4, -0.2) is 24.9 Å². The summed E-state index contributed by atoms with van der Waals surface area (Å²) >= 11 is 0. The number of anilines is 3. The number of piperidine rings is 1. The van der Waals surface area contributed by atoms with Gasteiger partial charge in [0.05, 0.1) is 5.69 Å². The first-order chi connectivity index (χ1) is 12.5. The third kappa shape index (κ3) is 4.39. The van der Waals surface area contributed by atoms with Gasteiger partial charge in [0.15, 0.2) is 0 Å². The summed E-state index contributed by atoms with van der Waals surface area (Å²) in [5.41, 5.74) is 1.98. The predicted molar refractivity (Wildman–Crippen MR) is 101 cm³/mol. The second-order valence-electron chi connectivity index (χ2n) is 6.46. The zero-order valence-corrected chi connectivity index (χ0v) is 14.7. The average molecular weight is 355 g/mol. The summed E-state index contributed by atoms with van der Waals surface area (Å²) in [5.74, 6) is -0.475. The maximum absolute atomic E-state index is 13.9. The number of carbonyl (C=O) groups excluding carboxylic acids is 2. The normalized spacial score (nSPS) is 14.8. The van der Waals surface area contributed by atoms with Gasteiger partial charge in [0.1, 0.15) is 5.82 Å². The summed E-state index contributed by atoms with van der Waals surface area (Å²) in [6.45, 7) is 2.75. The molecule has 1 aliphatic rings. The molecule has 6 heteroatoms. The van der Waals surface area contributed by atoms with Gasteiger partial charge in [-0.05, 0) is 49.2 Å². The fourth-order valence-electron chi connectivity index (χ4n) is 3.18. The summed E-state index contributed by atoms with van der Waals surface area (Å²) < 4.78 is 13.9. The SMILES string of the molecule is CC(=O)Nc1ccc(NC(=O)C2CCN(c3ccccc3F)CC2)cc1. The molecular weight excluding hydrogens is 333 g/mol. The lowest BCUT2D eigenvalue weighted by atomic mass is 9.95. The van der Waals surface area contributed by atoms with E-state index in [-0.39, 0.29) is 23.5 Å². The molecule has 0 aromatic heterocycles. The predicted octanol–water partition coefficient (Wildman–Crippen LogP) is 3.64. The molecule has 2 amide bonds. The van der Waals surface area contributed by atoms with E-state index in [4.69, 9.17) is 0 Å². The number of para-hydroxylation sites is 1. The summed E-state index contributed by atoms with van der Waals surface area (Å²) in [6.07, 6.45) is 1.37. The number of hydrogen-bond donors (Lipinski definition) is 2. The molecule has 0 unspecified atom stereocenters. The van der Waals surface area contributed by atoms with Crippen molar-refractivity contribution in [3.63, 3.8) is 0 Å². The fraction of sp³-hybridized carbons (Fsp3) is 0.300. The maximum atomic E-state index is 13.9. The molecule has 3 rings (SSSR count). The van der Waals surface area contributed by atoms with E-state index in [2.05, 4.69) is 10.6 Å². The molecule has 0 atom stereocenters. The van der Waals surface area contributed by atoms with Crippen LogP contribution in [0.5, 0.6) is 0 Å². The van der Waals surface area contributed by atoms with E-state index in [1.807, 2.05) is 11.0 Å². The topological polar surface area (TPSA) is 61.4 Å². The molecule has 136 valence electrons. The highest BCUT2D eigenvalue weighted by Crippen LogP contribution is 2.26. The standard InChI is InChI=1S/C20H22FN3O2/c1-14(25)22-16-6-8-17(9-7-16)23-20(26)15-10-12-24(13-11-15)19-5-3-2-4-18(19)21/h2-9,15H,10-13H2,1H3,(H,22,25)(H,23,26). The maximum Gasteiger partial charge on any atom is 0.227 e. The van der Waals surface area contributed by atoms with Crippen LogP contribution in [0.25, 0.3) is 0 Å². The van der Waals surface area contributed by atoms with Crippen molar-refractivity contribution in [3.05, 3.63) is 54.3 Å². The van der Waals surface area contributed by atoms with Crippen LogP contribution >= 0.6 is 0 Å². The van der Waals surface area contributed by atoms with Gasteiger partial charge in [-0.3, -0.25) is 9.59 Å². The molecule has 1 saturated heterocycles. The lowest BCUT2D eigenvalue weighted by Gasteiger charge is -2.33. The van der Waals surface area contributed by atoms with E-state index >= 15 is 0 Å². The van der Waals surface area contributed by atoms with E-state index < -0.39 is 0 Å². The molecule has 26 heavy (non-hydrogen) atoms. The van der Waals surface area contributed by atoms with Gasteiger partial charge in [0, 0.05) is 37.3 Å². The zero-order chi connectivity index (χ0) is 18.5. The van der Waals surface area contributed by atoms with Crippen molar-refractivity contribution in [1.29, 1.82) is 0 Å². The van der Waals surface area contributed by atoms with Gasteiger partial charge in [-0.2, -0.15) is 0 Å². The summed E-state index contributed by atoms with van der Waals surface area (Å²) in [7, 11) is 0. The van der Waals surface area contributed by atoms with E-state index in [1.165, 1.54) is 13.0 Å². The van der Waals surface area contributed by atoms with Crippen LogP contribution in [0.2, 0.25) is 0 Å². The van der Waals surface area contributed by atoms with Crippen LogP contribution in [-0.2, 0) is 9.59 Å². The Morgan fingerprint density at radius 2 is 1.54 bits per heavy atom. The third-order valence-corrected chi connectivity index (χ3v) is 4.53. The second kappa shape index (κ2) is 7.99. The van der Waals surface area contributed by atoms with E-state index in [0.717, 1.165) is 0 Å². The number of rotatable bonds is 4. The third-order valence-electron chi connectivity index (χ3n) is 4.53. The van der Waals surface area contributed by atoms with Crippen LogP contribution in [0.1, 0.15) is 19.8 Å². The molecule has 0 spiro atoms. The molecule has 0 bridgehead atoms. The van der Waals surface area contributed by atoms with Gasteiger partial charge >= 0.3 is 0 Å². The van der Waals surface area contributed by atoms with Crippen LogP contribution < -0.4 is 15.5 Å². The highest BCUT2D eigenvalue weighted by atomic mass is 19.1. The van der Waals surface area contributed by atoms with Gasteiger partial charge in [-0.25, -0.2) is 4.39 Å². The summed E-state index contributed by atoms with van der Waals surface area (Å²) in [4.78, 5) is 25.5. The lowest BCUT2D eigenvalue weighted by molar-refractivity contribution is -0.120. The highest BCUT2D eigenvalue weighted by molar-refractivity contribution is 5.93. The molecule has 1 heterocycles. The van der Waals surface area contributed by atoms with Crippen LogP contribution in [0.4, 0.5) is 21.5 Å². The van der Waals surface area contributed by atoms with Crippen molar-refractivity contribution in [2.75, 3.05) is 28.6 Å². The van der Waals surface area contributed by atoms with E-state index in [9.17, 15) is 14.0 Å². The van der Waals surface area contributed by atoms with E-state index in [0.29, 0.717) is 43.0 Å². The van der Waals surface area contributed by atoms with Crippen molar-refractivity contribution in [2.45, 2.75) is 19.8 Å². The Kier molecular flexibility index (Phi) is 5.51. The van der Waals surface area contributed by atoms with Crippen LogP contribution in [0.3, 0.4) is 0 Å². The Morgan fingerprint density at radius 1 is 0.962 bits per heavy atom. The first-order valence-corrected chi connectivity index (χ1v) is 8.71. The van der Waals surface area contributed by atoms with Crippen LogP contribution in [0, 0.1) is 11.7 Å². The van der Waals surface area contributed by atoms with Gasteiger partial charge in [0.25, 0.3) is 0 Å². The molecule has 2 N–H and O–H groups in total. The molecule has 5 nitrogen and oxygen atoms in total. The number of halogens is 1. The minimum absolute atomic E-state index is 0.0227. The second-order valence-corrected chi connectivity index (χ2v) is 6.46. The van der Waals surface area contributed by atoms with Gasteiger partial charge in [-0.15, -0.1) is 0 Å². The molecule has 1 aliphatic heterocycles. The molecule has 0 radical (unpaired) electrons.